The molecule has 1 heterocycles. The molecule has 1 aliphatic heterocycles. The van der Waals surface area contributed by atoms with E-state index in [-0.39, 0.29) is 0 Å². The first-order chi connectivity index (χ1) is 9.06. The molecule has 1 saturated heterocycles. The number of nitrogens with one attached hydrogen (secondary N) is 1. The molecule has 2 rings (SSSR count). The van der Waals surface area contributed by atoms with Crippen LogP contribution in [0.4, 0.5) is 5.69 Å². The maximum Gasteiger partial charge on any atom is 0.0407 e. The molecule has 0 radical (unpaired) electrons. The Balaban J connectivity index is 1.75. The monoisotopic (exact) mass is 281 g/mol. The molecule has 0 bridgehead atoms. The SMILES string of the molecule is CC1CN(CCNc2ccc(Cl)cc2)CC(C)N1C. The summed E-state index contributed by atoms with van der Waals surface area (Å²) in [6, 6.07) is 9.17. The van der Waals surface area contributed by atoms with Crippen LogP contribution in [-0.4, -0.2) is 55.1 Å². The smallest absolute Gasteiger partial charge is 0.0407 e. The maximum absolute atomic E-state index is 5.87. The van der Waals surface area contributed by atoms with Crippen molar-refractivity contribution in [2.45, 2.75) is 25.9 Å². The zero-order valence-corrected chi connectivity index (χ0v) is 12.8. The fourth-order valence-corrected chi connectivity index (χ4v) is 2.75. The normalized spacial score (nSPS) is 25.5. The Morgan fingerprint density at radius 3 is 2.32 bits per heavy atom. The highest BCUT2D eigenvalue weighted by Gasteiger charge is 2.25. The second-order valence-corrected chi connectivity index (χ2v) is 5.99. The first-order valence-electron chi connectivity index (χ1n) is 7.00. The van der Waals surface area contributed by atoms with Gasteiger partial charge in [0.1, 0.15) is 0 Å². The highest BCUT2D eigenvalue weighted by Crippen LogP contribution is 2.14. The number of likely N-dealkylation sites (N-methyl/N-ethyl adjacent to an activating group) is 1. The van der Waals surface area contributed by atoms with Gasteiger partial charge in [-0.25, -0.2) is 0 Å². The van der Waals surface area contributed by atoms with Crippen LogP contribution in [0.5, 0.6) is 0 Å². The largest absolute Gasteiger partial charge is 0.384 e. The van der Waals surface area contributed by atoms with Crippen LogP contribution in [0.2, 0.25) is 5.02 Å². The van der Waals surface area contributed by atoms with Gasteiger partial charge >= 0.3 is 0 Å². The first kappa shape index (κ1) is 14.6. The Hall–Kier alpha value is -0.770. The first-order valence-corrected chi connectivity index (χ1v) is 7.38. The van der Waals surface area contributed by atoms with Gasteiger partial charge in [-0.05, 0) is 45.2 Å². The summed E-state index contributed by atoms with van der Waals surface area (Å²) in [6.45, 7) is 8.98. The molecule has 0 aromatic heterocycles. The molecular formula is C15H24ClN3. The van der Waals surface area contributed by atoms with Crippen molar-refractivity contribution in [3.8, 4) is 0 Å². The highest BCUT2D eigenvalue weighted by atomic mass is 35.5. The van der Waals surface area contributed by atoms with Gasteiger partial charge in [0.05, 0.1) is 0 Å². The van der Waals surface area contributed by atoms with Crippen molar-refractivity contribution >= 4 is 17.3 Å². The molecule has 0 spiro atoms. The van der Waals surface area contributed by atoms with Gasteiger partial charge in [-0.1, -0.05) is 11.6 Å². The van der Waals surface area contributed by atoms with Gasteiger partial charge < -0.3 is 5.32 Å². The van der Waals surface area contributed by atoms with E-state index < -0.39 is 0 Å². The van der Waals surface area contributed by atoms with Gasteiger partial charge in [0, 0.05) is 49.0 Å². The molecule has 0 saturated carbocycles. The summed E-state index contributed by atoms with van der Waals surface area (Å²) >= 11 is 5.87. The Bertz CT molecular complexity index is 381. The molecule has 4 heteroatoms. The average molecular weight is 282 g/mol. The predicted octanol–water partition coefficient (Wildman–Crippen LogP) is 2.78. The lowest BCUT2D eigenvalue weighted by molar-refractivity contribution is 0.0626. The minimum absolute atomic E-state index is 0.638. The fourth-order valence-electron chi connectivity index (χ4n) is 2.62. The van der Waals surface area contributed by atoms with E-state index in [0.717, 1.165) is 36.9 Å². The fraction of sp³-hybridized carbons (Fsp3) is 0.600. The maximum atomic E-state index is 5.87. The van der Waals surface area contributed by atoms with Crippen LogP contribution in [0.1, 0.15) is 13.8 Å². The molecule has 106 valence electrons. The zero-order chi connectivity index (χ0) is 13.8. The Labute approximate surface area is 121 Å². The lowest BCUT2D eigenvalue weighted by Gasteiger charge is -2.42. The Morgan fingerprint density at radius 2 is 1.74 bits per heavy atom. The summed E-state index contributed by atoms with van der Waals surface area (Å²) in [7, 11) is 2.22. The molecule has 1 fully saturated rings. The molecule has 2 atom stereocenters. The van der Waals surface area contributed by atoms with Crippen LogP contribution < -0.4 is 5.32 Å². The molecule has 3 nitrogen and oxygen atoms in total. The second-order valence-electron chi connectivity index (χ2n) is 5.56. The summed E-state index contributed by atoms with van der Waals surface area (Å²) in [5.41, 5.74) is 1.14. The third-order valence-corrected chi connectivity index (χ3v) is 4.29. The molecule has 0 amide bonds. The van der Waals surface area contributed by atoms with E-state index in [1.807, 2.05) is 24.3 Å². The van der Waals surface area contributed by atoms with Crippen molar-refractivity contribution in [2.24, 2.45) is 0 Å². The third-order valence-electron chi connectivity index (χ3n) is 4.04. The van der Waals surface area contributed by atoms with E-state index in [1.54, 1.807) is 0 Å². The van der Waals surface area contributed by atoms with Crippen LogP contribution in [0.15, 0.2) is 24.3 Å². The van der Waals surface area contributed by atoms with E-state index in [2.05, 4.69) is 36.0 Å². The van der Waals surface area contributed by atoms with E-state index in [1.165, 1.54) is 0 Å². The van der Waals surface area contributed by atoms with Gasteiger partial charge in [0.15, 0.2) is 0 Å². The molecule has 0 aliphatic carbocycles. The second kappa shape index (κ2) is 6.60. The van der Waals surface area contributed by atoms with Crippen LogP contribution in [0.25, 0.3) is 0 Å². The third kappa shape index (κ3) is 4.10. The minimum atomic E-state index is 0.638. The number of hydrogen-bond acceptors (Lipinski definition) is 3. The van der Waals surface area contributed by atoms with Crippen LogP contribution >= 0.6 is 11.6 Å². The van der Waals surface area contributed by atoms with Gasteiger partial charge in [0.2, 0.25) is 0 Å². The molecule has 2 unspecified atom stereocenters. The van der Waals surface area contributed by atoms with Crippen molar-refractivity contribution in [3.63, 3.8) is 0 Å². The molecule has 1 aliphatic rings. The van der Waals surface area contributed by atoms with E-state index in [4.69, 9.17) is 11.6 Å². The standard InChI is InChI=1S/C15H24ClN3/c1-12-10-19(11-13(2)18(12)3)9-8-17-15-6-4-14(16)5-7-15/h4-7,12-13,17H,8-11H2,1-3H3. The molecule has 1 N–H and O–H groups in total. The molecule has 19 heavy (non-hydrogen) atoms. The Morgan fingerprint density at radius 1 is 1.16 bits per heavy atom. The van der Waals surface area contributed by atoms with Crippen molar-refractivity contribution in [3.05, 3.63) is 29.3 Å². The van der Waals surface area contributed by atoms with Gasteiger partial charge in [-0.2, -0.15) is 0 Å². The van der Waals surface area contributed by atoms with Gasteiger partial charge in [-0.15, -0.1) is 0 Å². The number of piperazine rings is 1. The van der Waals surface area contributed by atoms with E-state index in [0.29, 0.717) is 12.1 Å². The quantitative estimate of drug-likeness (QED) is 0.916. The lowest BCUT2D eigenvalue weighted by atomic mass is 10.1. The predicted molar refractivity (Wildman–Crippen MR) is 83.1 cm³/mol. The van der Waals surface area contributed by atoms with Gasteiger partial charge in [-0.3, -0.25) is 9.80 Å². The van der Waals surface area contributed by atoms with Crippen LogP contribution in [-0.2, 0) is 0 Å². The topological polar surface area (TPSA) is 18.5 Å². The van der Waals surface area contributed by atoms with E-state index in [9.17, 15) is 0 Å². The minimum Gasteiger partial charge on any atom is -0.384 e. The van der Waals surface area contributed by atoms with Crippen LogP contribution in [0, 0.1) is 0 Å². The number of benzene rings is 1. The average Bonchev–Trinajstić information content (AvgIpc) is 2.38. The van der Waals surface area contributed by atoms with Crippen LogP contribution in [0.3, 0.4) is 0 Å². The van der Waals surface area contributed by atoms with Crippen molar-refractivity contribution in [2.75, 3.05) is 38.5 Å². The molecular weight excluding hydrogens is 258 g/mol. The lowest BCUT2D eigenvalue weighted by Crippen LogP contribution is -2.55. The van der Waals surface area contributed by atoms with Gasteiger partial charge in [0.25, 0.3) is 0 Å². The summed E-state index contributed by atoms with van der Waals surface area (Å²) < 4.78 is 0. The van der Waals surface area contributed by atoms with Crippen molar-refractivity contribution in [1.29, 1.82) is 0 Å². The summed E-state index contributed by atoms with van der Waals surface area (Å²) in [5.74, 6) is 0. The van der Waals surface area contributed by atoms with Crippen molar-refractivity contribution in [1.82, 2.24) is 9.80 Å². The highest BCUT2D eigenvalue weighted by molar-refractivity contribution is 6.30. The Kier molecular flexibility index (Phi) is 5.08. The summed E-state index contributed by atoms with van der Waals surface area (Å²) in [4.78, 5) is 5.00. The zero-order valence-electron chi connectivity index (χ0n) is 12.1. The number of anilines is 1. The number of rotatable bonds is 4. The number of hydrogen-bond donors (Lipinski definition) is 1. The number of nitrogens with zero attached hydrogens (tertiary/aromatic N) is 2. The van der Waals surface area contributed by atoms with Crippen molar-refractivity contribution < 1.29 is 0 Å². The molecule has 1 aromatic rings. The van der Waals surface area contributed by atoms with E-state index >= 15 is 0 Å². The summed E-state index contributed by atoms with van der Waals surface area (Å²) in [6.07, 6.45) is 0. The number of halogens is 1. The molecule has 1 aromatic carbocycles. The summed E-state index contributed by atoms with van der Waals surface area (Å²) in [5, 5.41) is 4.23.